The molecule has 1 atom stereocenters. The minimum absolute atomic E-state index is 0.0265. The number of non-ortho nitro benzene ring substituents is 1. The number of carbonyl (C=O) groups excluding carboxylic acids is 1. The van der Waals surface area contributed by atoms with Crippen LogP contribution in [0.2, 0.25) is 0 Å². The molecule has 0 fully saturated rings. The molecule has 0 saturated carbocycles. The minimum atomic E-state index is -0.582. The molecule has 0 spiro atoms. The molecule has 0 amide bonds. The highest BCUT2D eigenvalue weighted by molar-refractivity contribution is 5.79. The molecule has 6 heteroatoms. The van der Waals surface area contributed by atoms with Crippen molar-refractivity contribution in [3.63, 3.8) is 0 Å². The first-order valence-electron chi connectivity index (χ1n) is 5.93. The Labute approximate surface area is 111 Å². The van der Waals surface area contributed by atoms with Gasteiger partial charge in [-0.15, -0.1) is 0 Å². The SMILES string of the molecule is CC(Nc1cccc([N+](=O)[O-])c1)C(=O)OC(C)(C)C. The van der Waals surface area contributed by atoms with Gasteiger partial charge in [-0.1, -0.05) is 6.07 Å². The normalized spacial score (nSPS) is 12.6. The lowest BCUT2D eigenvalue weighted by Gasteiger charge is -2.23. The maximum absolute atomic E-state index is 11.8. The van der Waals surface area contributed by atoms with Crippen LogP contribution in [-0.4, -0.2) is 22.5 Å². The quantitative estimate of drug-likeness (QED) is 0.515. The predicted molar refractivity (Wildman–Crippen MR) is 72.0 cm³/mol. The molecule has 1 unspecified atom stereocenters. The van der Waals surface area contributed by atoms with E-state index in [9.17, 15) is 14.9 Å². The third kappa shape index (κ3) is 4.95. The maximum atomic E-state index is 11.8. The summed E-state index contributed by atoms with van der Waals surface area (Å²) in [6, 6.07) is 5.40. The standard InChI is InChI=1S/C13H18N2O4/c1-9(12(16)19-13(2,3)4)14-10-6-5-7-11(8-10)15(17)18/h5-9,14H,1-4H3. The third-order valence-electron chi connectivity index (χ3n) is 2.20. The minimum Gasteiger partial charge on any atom is -0.458 e. The zero-order valence-corrected chi connectivity index (χ0v) is 11.5. The summed E-state index contributed by atoms with van der Waals surface area (Å²) in [5.41, 5.74) is -0.0793. The number of esters is 1. The lowest BCUT2D eigenvalue weighted by atomic mass is 10.2. The number of hydrogen-bond donors (Lipinski definition) is 1. The average molecular weight is 266 g/mol. The number of ether oxygens (including phenoxy) is 1. The molecule has 0 aliphatic heterocycles. The highest BCUT2D eigenvalue weighted by Crippen LogP contribution is 2.18. The molecule has 0 saturated heterocycles. The molecule has 0 aliphatic rings. The molecule has 1 aromatic rings. The summed E-state index contributed by atoms with van der Waals surface area (Å²) < 4.78 is 5.21. The number of hydrogen-bond acceptors (Lipinski definition) is 5. The average Bonchev–Trinajstić information content (AvgIpc) is 2.27. The second-order valence-corrected chi connectivity index (χ2v) is 5.21. The summed E-state index contributed by atoms with van der Waals surface area (Å²) in [7, 11) is 0. The van der Waals surface area contributed by atoms with Crippen LogP contribution in [0.4, 0.5) is 11.4 Å². The van der Waals surface area contributed by atoms with E-state index in [-0.39, 0.29) is 5.69 Å². The first-order chi connectivity index (χ1) is 8.69. The predicted octanol–water partition coefficient (Wildman–Crippen LogP) is 2.74. The van der Waals surface area contributed by atoms with Gasteiger partial charge in [-0.25, -0.2) is 4.79 Å². The van der Waals surface area contributed by atoms with Gasteiger partial charge in [-0.05, 0) is 33.8 Å². The Bertz CT molecular complexity index is 480. The lowest BCUT2D eigenvalue weighted by molar-refractivity contribution is -0.384. The van der Waals surface area contributed by atoms with E-state index in [1.165, 1.54) is 12.1 Å². The molecular weight excluding hydrogens is 248 g/mol. The van der Waals surface area contributed by atoms with Crippen molar-refractivity contribution in [3.8, 4) is 0 Å². The van der Waals surface area contributed by atoms with Crippen molar-refractivity contribution in [1.82, 2.24) is 0 Å². The van der Waals surface area contributed by atoms with Crippen LogP contribution in [0.1, 0.15) is 27.7 Å². The number of nitrogens with zero attached hydrogens (tertiary/aromatic N) is 1. The highest BCUT2D eigenvalue weighted by atomic mass is 16.6. The molecule has 6 nitrogen and oxygen atoms in total. The van der Waals surface area contributed by atoms with Gasteiger partial charge in [-0.2, -0.15) is 0 Å². The van der Waals surface area contributed by atoms with E-state index >= 15 is 0 Å². The fourth-order valence-electron chi connectivity index (χ4n) is 1.41. The zero-order chi connectivity index (χ0) is 14.6. The number of nitrogens with one attached hydrogen (secondary N) is 1. The van der Waals surface area contributed by atoms with E-state index in [4.69, 9.17) is 4.74 Å². The second kappa shape index (κ2) is 5.69. The highest BCUT2D eigenvalue weighted by Gasteiger charge is 2.21. The summed E-state index contributed by atoms with van der Waals surface area (Å²) in [5.74, 6) is -0.404. The van der Waals surface area contributed by atoms with Crippen molar-refractivity contribution >= 4 is 17.3 Å². The van der Waals surface area contributed by atoms with Crippen molar-refractivity contribution in [1.29, 1.82) is 0 Å². The van der Waals surface area contributed by atoms with E-state index in [1.54, 1.807) is 39.8 Å². The van der Waals surface area contributed by atoms with Gasteiger partial charge in [0.15, 0.2) is 0 Å². The topological polar surface area (TPSA) is 81.5 Å². The van der Waals surface area contributed by atoms with E-state index in [1.807, 2.05) is 0 Å². The van der Waals surface area contributed by atoms with Gasteiger partial charge in [0.25, 0.3) is 5.69 Å². The van der Waals surface area contributed by atoms with Gasteiger partial charge in [-0.3, -0.25) is 10.1 Å². The van der Waals surface area contributed by atoms with Crippen LogP contribution in [-0.2, 0) is 9.53 Å². The van der Waals surface area contributed by atoms with Gasteiger partial charge in [0, 0.05) is 17.8 Å². The molecule has 19 heavy (non-hydrogen) atoms. The Morgan fingerprint density at radius 3 is 2.58 bits per heavy atom. The fourth-order valence-corrected chi connectivity index (χ4v) is 1.41. The summed E-state index contributed by atoms with van der Waals surface area (Å²) >= 11 is 0. The fraction of sp³-hybridized carbons (Fsp3) is 0.462. The van der Waals surface area contributed by atoms with Crippen LogP contribution in [0.25, 0.3) is 0 Å². The molecule has 104 valence electrons. The van der Waals surface area contributed by atoms with E-state index in [2.05, 4.69) is 5.32 Å². The number of benzene rings is 1. The monoisotopic (exact) mass is 266 g/mol. The first kappa shape index (κ1) is 14.9. The van der Waals surface area contributed by atoms with Crippen LogP contribution in [0.3, 0.4) is 0 Å². The van der Waals surface area contributed by atoms with Crippen LogP contribution < -0.4 is 5.32 Å². The van der Waals surface area contributed by atoms with Gasteiger partial charge >= 0.3 is 5.97 Å². The maximum Gasteiger partial charge on any atom is 0.328 e. The van der Waals surface area contributed by atoms with Crippen molar-refractivity contribution in [2.75, 3.05) is 5.32 Å². The number of carbonyl (C=O) groups is 1. The molecule has 1 rings (SSSR count). The van der Waals surface area contributed by atoms with Gasteiger partial charge < -0.3 is 10.1 Å². The van der Waals surface area contributed by atoms with E-state index in [0.717, 1.165) is 0 Å². The smallest absolute Gasteiger partial charge is 0.328 e. The summed E-state index contributed by atoms with van der Waals surface area (Å²) in [4.78, 5) is 21.9. The molecule has 0 radical (unpaired) electrons. The van der Waals surface area contributed by atoms with Crippen LogP contribution in [0.5, 0.6) is 0 Å². The largest absolute Gasteiger partial charge is 0.458 e. The molecule has 0 bridgehead atoms. The van der Waals surface area contributed by atoms with E-state index < -0.39 is 22.5 Å². The Morgan fingerprint density at radius 2 is 2.05 bits per heavy atom. The molecular formula is C13H18N2O4. The molecule has 0 aliphatic carbocycles. The Balaban J connectivity index is 2.71. The Kier molecular flexibility index (Phi) is 4.47. The third-order valence-corrected chi connectivity index (χ3v) is 2.20. The lowest BCUT2D eigenvalue weighted by Crippen LogP contribution is -2.34. The van der Waals surface area contributed by atoms with Crippen molar-refractivity contribution in [2.24, 2.45) is 0 Å². The van der Waals surface area contributed by atoms with Crippen LogP contribution >= 0.6 is 0 Å². The Hall–Kier alpha value is -2.11. The summed E-state index contributed by atoms with van der Waals surface area (Å²) in [5, 5.41) is 13.5. The van der Waals surface area contributed by atoms with Crippen molar-refractivity contribution in [3.05, 3.63) is 34.4 Å². The van der Waals surface area contributed by atoms with Crippen molar-refractivity contribution in [2.45, 2.75) is 39.3 Å². The van der Waals surface area contributed by atoms with Crippen molar-refractivity contribution < 1.29 is 14.5 Å². The molecule has 0 aromatic heterocycles. The number of rotatable bonds is 4. The van der Waals surface area contributed by atoms with Gasteiger partial charge in [0.05, 0.1) is 4.92 Å². The van der Waals surface area contributed by atoms with Crippen LogP contribution in [0, 0.1) is 10.1 Å². The summed E-state index contributed by atoms with van der Waals surface area (Å²) in [6.07, 6.45) is 0. The molecule has 0 heterocycles. The first-order valence-corrected chi connectivity index (χ1v) is 5.93. The number of nitro groups is 1. The van der Waals surface area contributed by atoms with Crippen LogP contribution in [0.15, 0.2) is 24.3 Å². The number of anilines is 1. The second-order valence-electron chi connectivity index (χ2n) is 5.21. The Morgan fingerprint density at radius 1 is 1.42 bits per heavy atom. The zero-order valence-electron chi connectivity index (χ0n) is 11.5. The van der Waals surface area contributed by atoms with E-state index in [0.29, 0.717) is 5.69 Å². The molecule has 1 aromatic carbocycles. The van der Waals surface area contributed by atoms with Gasteiger partial charge in [0.2, 0.25) is 0 Å². The summed E-state index contributed by atoms with van der Waals surface area (Å²) in [6.45, 7) is 6.99. The number of nitro benzene ring substituents is 1. The molecule has 1 N–H and O–H groups in total. The van der Waals surface area contributed by atoms with Gasteiger partial charge in [0.1, 0.15) is 11.6 Å².